The molecule has 0 amide bonds. The summed E-state index contributed by atoms with van der Waals surface area (Å²) in [5, 5.41) is 9.74. The van der Waals surface area contributed by atoms with Crippen LogP contribution in [0, 0.1) is 0 Å². The van der Waals surface area contributed by atoms with Crippen LogP contribution in [0.3, 0.4) is 0 Å². The van der Waals surface area contributed by atoms with Crippen LogP contribution in [0.5, 0.6) is 0 Å². The van der Waals surface area contributed by atoms with E-state index in [1.54, 1.807) is 0 Å². The number of hydrogen-bond donors (Lipinski definition) is 2. The van der Waals surface area contributed by atoms with Gasteiger partial charge in [-0.2, -0.15) is 0 Å². The largest absolute Gasteiger partial charge is 0.472 e. The van der Waals surface area contributed by atoms with Crippen molar-refractivity contribution in [3.8, 4) is 0 Å². The van der Waals surface area contributed by atoms with E-state index in [4.69, 9.17) is 23.3 Å². The Balaban J connectivity index is 4.72. The molecule has 2 N–H and O–H groups in total. The second-order valence-corrected chi connectivity index (χ2v) is 18.4. The first-order valence-electron chi connectivity index (χ1n) is 25.2. The lowest BCUT2D eigenvalue weighted by Gasteiger charge is -2.21. The van der Waals surface area contributed by atoms with Gasteiger partial charge in [-0.1, -0.05) is 193 Å². The van der Waals surface area contributed by atoms with Crippen molar-refractivity contribution in [2.75, 3.05) is 26.4 Å². The Hall–Kier alpha value is -2.04. The van der Waals surface area contributed by atoms with Crippen LogP contribution in [0.15, 0.2) is 24.3 Å². The van der Waals surface area contributed by atoms with Gasteiger partial charge >= 0.3 is 25.7 Å². The molecule has 0 aromatic rings. The van der Waals surface area contributed by atoms with Gasteiger partial charge in [-0.25, -0.2) is 4.57 Å². The van der Waals surface area contributed by atoms with Gasteiger partial charge in [0.15, 0.2) is 6.10 Å². The Kier molecular flexibility index (Phi) is 44.0. The first-order valence-corrected chi connectivity index (χ1v) is 26.7. The number of hydrogen-bond acceptors (Lipinski definition) is 10. The summed E-state index contributed by atoms with van der Waals surface area (Å²) in [6.07, 6.45) is 41.5. The zero-order valence-electron chi connectivity index (χ0n) is 39.9. The van der Waals surface area contributed by atoms with Crippen LogP contribution in [0.4, 0.5) is 0 Å². The maximum atomic E-state index is 12.8. The number of phosphoric ester groups is 1. The molecular weight excluding hydrogens is 808 g/mol. The predicted molar refractivity (Wildman–Crippen MR) is 252 cm³/mol. The van der Waals surface area contributed by atoms with E-state index < -0.39 is 57.8 Å². The molecule has 0 aromatic heterocycles. The van der Waals surface area contributed by atoms with E-state index in [0.29, 0.717) is 19.3 Å². The van der Waals surface area contributed by atoms with Crippen molar-refractivity contribution < 1.29 is 52.2 Å². The van der Waals surface area contributed by atoms with Gasteiger partial charge < -0.3 is 24.2 Å². The van der Waals surface area contributed by atoms with E-state index in [9.17, 15) is 28.9 Å². The van der Waals surface area contributed by atoms with Crippen LogP contribution in [0.25, 0.3) is 0 Å². The van der Waals surface area contributed by atoms with E-state index in [0.717, 1.165) is 83.5 Å². The molecule has 0 rings (SSSR count). The summed E-state index contributed by atoms with van der Waals surface area (Å²) in [5.74, 6) is -1.47. The van der Waals surface area contributed by atoms with Gasteiger partial charge in [0.05, 0.1) is 19.8 Å². The van der Waals surface area contributed by atoms with E-state index >= 15 is 0 Å². The lowest BCUT2D eigenvalue weighted by atomic mass is 10.1. The lowest BCUT2D eigenvalue weighted by molar-refractivity contribution is -0.161. The van der Waals surface area contributed by atoms with Gasteiger partial charge in [0.2, 0.25) is 0 Å². The average molecular weight is 901 g/mol. The molecule has 3 unspecified atom stereocenters. The molecule has 0 fully saturated rings. The molecular formula is C50H93O11P. The van der Waals surface area contributed by atoms with Gasteiger partial charge in [-0.05, 0) is 51.4 Å². The van der Waals surface area contributed by atoms with Crippen molar-refractivity contribution in [1.29, 1.82) is 0 Å². The second-order valence-electron chi connectivity index (χ2n) is 17.0. The number of aliphatic hydroxyl groups is 1. The number of ether oxygens (including phenoxy) is 3. The fourth-order valence-corrected chi connectivity index (χ4v) is 7.76. The van der Waals surface area contributed by atoms with E-state index in [2.05, 4.69) is 45.1 Å². The van der Waals surface area contributed by atoms with Gasteiger partial charge in [-0.15, -0.1) is 0 Å². The van der Waals surface area contributed by atoms with Crippen LogP contribution in [0.2, 0.25) is 0 Å². The Morgan fingerprint density at radius 2 is 0.790 bits per heavy atom. The molecule has 3 atom stereocenters. The maximum absolute atomic E-state index is 12.8. The van der Waals surface area contributed by atoms with E-state index in [1.165, 1.54) is 96.3 Å². The van der Waals surface area contributed by atoms with Crippen LogP contribution < -0.4 is 0 Å². The summed E-state index contributed by atoms with van der Waals surface area (Å²) in [6.45, 7) is 4.57. The number of aliphatic hydroxyl groups excluding tert-OH is 1. The molecule has 62 heavy (non-hydrogen) atoms. The van der Waals surface area contributed by atoms with Crippen molar-refractivity contribution in [2.24, 2.45) is 0 Å². The van der Waals surface area contributed by atoms with Crippen LogP contribution in [-0.2, 0) is 42.2 Å². The Labute approximate surface area is 378 Å². The van der Waals surface area contributed by atoms with Crippen molar-refractivity contribution >= 4 is 25.7 Å². The molecule has 12 heteroatoms. The quantitative estimate of drug-likeness (QED) is 0.0197. The minimum absolute atomic E-state index is 0.156. The lowest BCUT2D eigenvalue weighted by Crippen LogP contribution is -2.30. The normalized spacial score (nSPS) is 13.7. The molecule has 0 aliphatic carbocycles. The highest BCUT2D eigenvalue weighted by atomic mass is 31.2. The number of rotatable bonds is 47. The fourth-order valence-electron chi connectivity index (χ4n) is 6.97. The molecule has 0 aliphatic heterocycles. The topological polar surface area (TPSA) is 155 Å². The number of unbranched alkanes of at least 4 members (excludes halogenated alkanes) is 26. The van der Waals surface area contributed by atoms with Gasteiger partial charge in [0.25, 0.3) is 0 Å². The molecule has 364 valence electrons. The third-order valence-corrected chi connectivity index (χ3v) is 11.8. The molecule has 11 nitrogen and oxygen atoms in total. The van der Waals surface area contributed by atoms with Crippen molar-refractivity contribution in [1.82, 2.24) is 0 Å². The minimum atomic E-state index is -4.73. The minimum Gasteiger partial charge on any atom is -0.462 e. The number of carbonyl (C=O) groups is 3. The van der Waals surface area contributed by atoms with Crippen molar-refractivity contribution in [3.05, 3.63) is 24.3 Å². The molecule has 0 spiro atoms. The maximum Gasteiger partial charge on any atom is 0.472 e. The smallest absolute Gasteiger partial charge is 0.462 e. The average Bonchev–Trinajstić information content (AvgIpc) is 3.25. The van der Waals surface area contributed by atoms with Crippen LogP contribution in [-0.4, -0.2) is 66.5 Å². The Bertz CT molecular complexity index is 1140. The third kappa shape index (κ3) is 43.2. The molecule has 0 saturated carbocycles. The van der Waals surface area contributed by atoms with Crippen LogP contribution in [0.1, 0.15) is 239 Å². The number of phosphoric acid groups is 1. The second kappa shape index (κ2) is 45.5. The number of esters is 3. The molecule has 0 radical (unpaired) electrons. The molecule has 0 aliphatic rings. The summed E-state index contributed by atoms with van der Waals surface area (Å²) in [6, 6.07) is 0. The monoisotopic (exact) mass is 901 g/mol. The molecule has 0 bridgehead atoms. The fraction of sp³-hybridized carbons (Fsp3) is 0.860. The highest BCUT2D eigenvalue weighted by Crippen LogP contribution is 2.43. The first-order chi connectivity index (χ1) is 30.2. The van der Waals surface area contributed by atoms with Gasteiger partial charge in [-0.3, -0.25) is 23.4 Å². The summed E-state index contributed by atoms with van der Waals surface area (Å²) in [5.41, 5.74) is 0. The summed E-state index contributed by atoms with van der Waals surface area (Å²) < 4.78 is 39.2. The summed E-state index contributed by atoms with van der Waals surface area (Å²) in [4.78, 5) is 48.1. The Morgan fingerprint density at radius 1 is 0.452 bits per heavy atom. The van der Waals surface area contributed by atoms with Crippen LogP contribution >= 0.6 is 7.82 Å². The number of carbonyl (C=O) groups excluding carboxylic acids is 3. The molecule has 0 aromatic carbocycles. The first kappa shape index (κ1) is 60.0. The SMILES string of the molecule is CCCCC/C=C\C/C=C\CCCCCCCC(=O)OC(COC(=O)CCCCCCCCCCC)COP(=O)(O)OCC(CO)OC(=O)CCCCCCCCCCCCC. The predicted octanol–water partition coefficient (Wildman–Crippen LogP) is 13.9. The van der Waals surface area contributed by atoms with Crippen molar-refractivity contribution in [2.45, 2.75) is 251 Å². The van der Waals surface area contributed by atoms with E-state index in [1.807, 2.05) is 0 Å². The zero-order chi connectivity index (χ0) is 45.6. The standard InChI is InChI=1S/C50H93O11P/c1-4-7-10-13-16-19-21-22-23-24-26-29-32-35-38-41-50(54)61-47(43-57-48(52)39-36-33-30-27-18-15-12-9-6-3)45-59-62(55,56)58-44-46(42-51)60-49(53)40-37-34-31-28-25-20-17-14-11-8-5-2/h16,19,22-23,46-47,51H,4-15,17-18,20-21,24-45H2,1-3H3,(H,55,56)/b19-16-,23-22-. The highest BCUT2D eigenvalue weighted by molar-refractivity contribution is 7.47. The Morgan fingerprint density at radius 3 is 1.23 bits per heavy atom. The highest BCUT2D eigenvalue weighted by Gasteiger charge is 2.28. The van der Waals surface area contributed by atoms with Gasteiger partial charge in [0, 0.05) is 19.3 Å². The third-order valence-electron chi connectivity index (χ3n) is 10.9. The van der Waals surface area contributed by atoms with E-state index in [-0.39, 0.29) is 25.9 Å². The zero-order valence-corrected chi connectivity index (χ0v) is 40.7. The van der Waals surface area contributed by atoms with Gasteiger partial charge in [0.1, 0.15) is 12.7 Å². The molecule has 0 heterocycles. The molecule has 0 saturated heterocycles. The summed E-state index contributed by atoms with van der Waals surface area (Å²) >= 11 is 0. The van der Waals surface area contributed by atoms with Crippen molar-refractivity contribution in [3.63, 3.8) is 0 Å². The number of allylic oxidation sites excluding steroid dienone is 4. The summed E-state index contributed by atoms with van der Waals surface area (Å²) in [7, 11) is -4.73.